The highest BCUT2D eigenvalue weighted by Gasteiger charge is 2.08. The van der Waals surface area contributed by atoms with E-state index in [1.54, 1.807) is 6.92 Å². The second kappa shape index (κ2) is 5.13. The second-order valence-electron chi connectivity index (χ2n) is 3.20. The highest BCUT2D eigenvalue weighted by molar-refractivity contribution is 5.72. The molecule has 2 N–H and O–H groups in total. The van der Waals surface area contributed by atoms with E-state index in [4.69, 9.17) is 5.11 Å². The Morgan fingerprint density at radius 3 is 2.36 bits per heavy atom. The van der Waals surface area contributed by atoms with E-state index in [2.05, 4.69) is 19.2 Å². The number of carboxylic acids is 1. The molecule has 0 aliphatic carbocycles. The van der Waals surface area contributed by atoms with Crippen molar-refractivity contribution in [3.63, 3.8) is 0 Å². The summed E-state index contributed by atoms with van der Waals surface area (Å²) < 4.78 is 0. The Morgan fingerprint density at radius 1 is 1.45 bits per heavy atom. The fourth-order valence-corrected chi connectivity index (χ4v) is 0.676. The van der Waals surface area contributed by atoms with Crippen molar-refractivity contribution in [3.05, 3.63) is 0 Å². The third-order valence-corrected chi connectivity index (χ3v) is 1.54. The van der Waals surface area contributed by atoms with Crippen LogP contribution >= 0.6 is 0 Å². The van der Waals surface area contributed by atoms with Gasteiger partial charge in [0, 0.05) is 0 Å². The van der Waals surface area contributed by atoms with E-state index < -0.39 is 12.0 Å². The summed E-state index contributed by atoms with van der Waals surface area (Å²) in [6, 6.07) is -0.422. The molecule has 0 unspecified atom stereocenters. The molecule has 0 radical (unpaired) electrons. The highest BCUT2D eigenvalue weighted by atomic mass is 16.4. The van der Waals surface area contributed by atoms with Gasteiger partial charge in [0.2, 0.25) is 0 Å². The first-order valence-corrected chi connectivity index (χ1v) is 4.00. The van der Waals surface area contributed by atoms with Crippen molar-refractivity contribution in [1.82, 2.24) is 5.32 Å². The Balaban J connectivity index is 3.31. The van der Waals surface area contributed by atoms with E-state index in [1.807, 2.05) is 0 Å². The third kappa shape index (κ3) is 5.85. The summed E-state index contributed by atoms with van der Waals surface area (Å²) in [6.07, 6.45) is 1.03. The van der Waals surface area contributed by atoms with Gasteiger partial charge in [-0.3, -0.25) is 4.79 Å². The summed E-state index contributed by atoms with van der Waals surface area (Å²) in [5.41, 5.74) is 0. The third-order valence-electron chi connectivity index (χ3n) is 1.54. The summed E-state index contributed by atoms with van der Waals surface area (Å²) in [6.45, 7) is 6.67. The zero-order valence-electron chi connectivity index (χ0n) is 7.42. The van der Waals surface area contributed by atoms with Crippen LogP contribution in [0.2, 0.25) is 0 Å². The SMILES string of the molecule is CC(C)CCN[C@@H](C)C(=O)O. The standard InChI is InChI=1S/C8H17NO2/c1-6(2)4-5-9-7(3)8(10)11/h6-7,9H,4-5H2,1-3H3,(H,10,11)/t7-/m0/s1. The minimum atomic E-state index is -0.784. The molecule has 0 aromatic heterocycles. The van der Waals surface area contributed by atoms with Crippen molar-refractivity contribution in [2.75, 3.05) is 6.54 Å². The molecule has 1 atom stereocenters. The molecule has 0 aliphatic heterocycles. The lowest BCUT2D eigenvalue weighted by atomic mass is 10.1. The molecule has 66 valence electrons. The van der Waals surface area contributed by atoms with Gasteiger partial charge in [-0.2, -0.15) is 0 Å². The highest BCUT2D eigenvalue weighted by Crippen LogP contribution is 1.96. The van der Waals surface area contributed by atoms with Gasteiger partial charge in [-0.15, -0.1) is 0 Å². The van der Waals surface area contributed by atoms with Gasteiger partial charge in [-0.1, -0.05) is 13.8 Å². The average molecular weight is 159 g/mol. The maximum atomic E-state index is 10.3. The molecule has 0 bridgehead atoms. The first kappa shape index (κ1) is 10.4. The van der Waals surface area contributed by atoms with Crippen LogP contribution in [0.4, 0.5) is 0 Å². The van der Waals surface area contributed by atoms with Crippen molar-refractivity contribution in [2.24, 2.45) is 5.92 Å². The van der Waals surface area contributed by atoms with Crippen LogP contribution in [0, 0.1) is 5.92 Å². The largest absolute Gasteiger partial charge is 0.480 e. The summed E-state index contributed by atoms with van der Waals surface area (Å²) in [4.78, 5) is 10.3. The molecule has 0 aliphatic rings. The first-order chi connectivity index (χ1) is 5.04. The fraction of sp³-hybridized carbons (Fsp3) is 0.875. The van der Waals surface area contributed by atoms with Crippen LogP contribution in [-0.4, -0.2) is 23.7 Å². The van der Waals surface area contributed by atoms with E-state index >= 15 is 0 Å². The molecule has 0 spiro atoms. The molecular formula is C8H17NO2. The molecule has 0 rings (SSSR count). The maximum Gasteiger partial charge on any atom is 0.320 e. The van der Waals surface area contributed by atoms with Crippen LogP contribution in [0.25, 0.3) is 0 Å². The lowest BCUT2D eigenvalue weighted by Gasteiger charge is -2.09. The zero-order valence-corrected chi connectivity index (χ0v) is 7.42. The van der Waals surface area contributed by atoms with E-state index in [0.717, 1.165) is 13.0 Å². The Bertz CT molecular complexity index is 123. The molecule has 0 saturated heterocycles. The van der Waals surface area contributed by atoms with Crippen molar-refractivity contribution in [3.8, 4) is 0 Å². The molecule has 0 fully saturated rings. The molecule has 3 nitrogen and oxygen atoms in total. The van der Waals surface area contributed by atoms with E-state index in [9.17, 15) is 4.79 Å². The molecule has 0 saturated carbocycles. The molecule has 0 heterocycles. The smallest absolute Gasteiger partial charge is 0.320 e. The topological polar surface area (TPSA) is 49.3 Å². The predicted octanol–water partition coefficient (Wildman–Crippen LogP) is 1.10. The molecule has 3 heteroatoms. The summed E-state index contributed by atoms with van der Waals surface area (Å²) >= 11 is 0. The van der Waals surface area contributed by atoms with Crippen LogP contribution in [-0.2, 0) is 4.79 Å². The molecule has 11 heavy (non-hydrogen) atoms. The van der Waals surface area contributed by atoms with Crippen molar-refractivity contribution in [1.29, 1.82) is 0 Å². The van der Waals surface area contributed by atoms with Gasteiger partial charge < -0.3 is 10.4 Å². The lowest BCUT2D eigenvalue weighted by Crippen LogP contribution is -2.34. The number of hydrogen-bond donors (Lipinski definition) is 2. The van der Waals surface area contributed by atoms with Gasteiger partial charge in [-0.05, 0) is 25.8 Å². The van der Waals surface area contributed by atoms with Gasteiger partial charge in [0.1, 0.15) is 6.04 Å². The van der Waals surface area contributed by atoms with Crippen molar-refractivity contribution in [2.45, 2.75) is 33.2 Å². The van der Waals surface area contributed by atoms with Crippen LogP contribution in [0.3, 0.4) is 0 Å². The van der Waals surface area contributed by atoms with E-state index in [-0.39, 0.29) is 0 Å². The normalized spacial score (nSPS) is 13.5. The number of carbonyl (C=O) groups is 1. The fourth-order valence-electron chi connectivity index (χ4n) is 0.676. The number of hydrogen-bond acceptors (Lipinski definition) is 2. The molecule has 0 aromatic carbocycles. The van der Waals surface area contributed by atoms with Gasteiger partial charge in [0.15, 0.2) is 0 Å². The van der Waals surface area contributed by atoms with Gasteiger partial charge in [0.25, 0.3) is 0 Å². The minimum absolute atomic E-state index is 0.422. The maximum absolute atomic E-state index is 10.3. The lowest BCUT2D eigenvalue weighted by molar-refractivity contribution is -0.139. The Hall–Kier alpha value is -0.570. The summed E-state index contributed by atoms with van der Waals surface area (Å²) in [5, 5.41) is 11.4. The predicted molar refractivity (Wildman–Crippen MR) is 44.6 cm³/mol. The van der Waals surface area contributed by atoms with Gasteiger partial charge >= 0.3 is 5.97 Å². The van der Waals surface area contributed by atoms with E-state index in [1.165, 1.54) is 0 Å². The Labute approximate surface area is 67.8 Å². The Morgan fingerprint density at radius 2 is 2.00 bits per heavy atom. The molecule has 0 aromatic rings. The van der Waals surface area contributed by atoms with Crippen LogP contribution < -0.4 is 5.32 Å². The van der Waals surface area contributed by atoms with Crippen LogP contribution in [0.15, 0.2) is 0 Å². The molecular weight excluding hydrogens is 142 g/mol. The van der Waals surface area contributed by atoms with Gasteiger partial charge in [-0.25, -0.2) is 0 Å². The van der Waals surface area contributed by atoms with E-state index in [0.29, 0.717) is 5.92 Å². The second-order valence-corrected chi connectivity index (χ2v) is 3.20. The number of nitrogens with one attached hydrogen (secondary N) is 1. The van der Waals surface area contributed by atoms with Crippen molar-refractivity contribution >= 4 is 5.97 Å². The summed E-state index contributed by atoms with van der Waals surface area (Å²) in [5.74, 6) is -0.155. The number of aliphatic carboxylic acids is 1. The minimum Gasteiger partial charge on any atom is -0.480 e. The summed E-state index contributed by atoms with van der Waals surface area (Å²) in [7, 11) is 0. The zero-order chi connectivity index (χ0) is 8.85. The monoisotopic (exact) mass is 159 g/mol. The van der Waals surface area contributed by atoms with Crippen molar-refractivity contribution < 1.29 is 9.90 Å². The Kier molecular flexibility index (Phi) is 4.86. The number of carboxylic acid groups (broad SMARTS) is 1. The number of rotatable bonds is 5. The average Bonchev–Trinajstić information content (AvgIpc) is 1.86. The van der Waals surface area contributed by atoms with Gasteiger partial charge in [0.05, 0.1) is 0 Å². The first-order valence-electron chi connectivity index (χ1n) is 4.00. The van der Waals surface area contributed by atoms with Crippen LogP contribution in [0.5, 0.6) is 0 Å². The van der Waals surface area contributed by atoms with Crippen LogP contribution in [0.1, 0.15) is 27.2 Å². The molecule has 0 amide bonds. The quantitative estimate of drug-likeness (QED) is 0.631.